The number of nitrogens with zero attached hydrogens (tertiary/aromatic N) is 5. The molecule has 3 heterocycles. The van der Waals surface area contributed by atoms with E-state index in [4.69, 9.17) is 16.6 Å². The summed E-state index contributed by atoms with van der Waals surface area (Å²) in [5.41, 5.74) is 4.83. The molecule has 1 aliphatic rings. The highest BCUT2D eigenvalue weighted by molar-refractivity contribution is 6.30. The highest BCUT2D eigenvalue weighted by atomic mass is 35.5. The van der Waals surface area contributed by atoms with Gasteiger partial charge < -0.3 is 10.3 Å². The van der Waals surface area contributed by atoms with Crippen LogP contribution in [-0.4, -0.2) is 36.1 Å². The zero-order valence-electron chi connectivity index (χ0n) is 19.2. The first kappa shape index (κ1) is 23.0. The van der Waals surface area contributed by atoms with Crippen molar-refractivity contribution in [2.75, 3.05) is 0 Å². The van der Waals surface area contributed by atoms with Crippen LogP contribution in [0, 0.1) is 0 Å². The predicted molar refractivity (Wildman–Crippen MR) is 135 cm³/mol. The first-order valence-corrected chi connectivity index (χ1v) is 12.2. The Balaban J connectivity index is 1.37. The molecule has 2 aromatic heterocycles. The third-order valence-electron chi connectivity index (χ3n) is 6.23. The van der Waals surface area contributed by atoms with Gasteiger partial charge in [0.2, 0.25) is 5.91 Å². The first-order valence-electron chi connectivity index (χ1n) is 11.8. The number of nitrogens with one attached hydrogen (secondary N) is 2. The van der Waals surface area contributed by atoms with Gasteiger partial charge in [-0.05, 0) is 59.5 Å². The number of carbonyl (C=O) groups excluding carboxylic acids is 1. The normalized spacial score (nSPS) is 16.3. The Hall–Kier alpha value is -3.78. The van der Waals surface area contributed by atoms with Crippen molar-refractivity contribution in [1.82, 2.24) is 35.5 Å². The zero-order valence-corrected chi connectivity index (χ0v) is 19.9. The summed E-state index contributed by atoms with van der Waals surface area (Å²) in [4.78, 5) is 21.1. The summed E-state index contributed by atoms with van der Waals surface area (Å²) in [7, 11) is 0. The summed E-state index contributed by atoms with van der Waals surface area (Å²) in [5, 5.41) is 15.0. The molecule has 35 heavy (non-hydrogen) atoms. The van der Waals surface area contributed by atoms with Crippen molar-refractivity contribution in [1.29, 1.82) is 0 Å². The minimum atomic E-state index is -0.205. The number of tetrazole rings is 1. The van der Waals surface area contributed by atoms with Gasteiger partial charge in [-0.25, -0.2) is 4.98 Å². The molecule has 8 nitrogen and oxygen atoms in total. The number of hydrogen-bond acceptors (Lipinski definition) is 5. The Morgan fingerprint density at radius 2 is 2.03 bits per heavy atom. The van der Waals surface area contributed by atoms with Crippen LogP contribution in [0.1, 0.15) is 55.1 Å². The largest absolute Gasteiger partial charge is 0.346 e. The molecule has 0 fully saturated rings. The molecule has 4 aromatic rings. The fraction of sp³-hybridized carbons (Fsp3) is 0.269. The number of aromatic amines is 1. The molecule has 0 radical (unpaired) electrons. The molecular weight excluding hydrogens is 462 g/mol. The molecule has 0 unspecified atom stereocenters. The number of rotatable bonds is 4. The van der Waals surface area contributed by atoms with Crippen LogP contribution in [0.25, 0.3) is 23.0 Å². The topological polar surface area (TPSA) is 101 Å². The number of aromatic nitrogens is 6. The Kier molecular flexibility index (Phi) is 6.99. The van der Waals surface area contributed by atoms with Crippen LogP contribution < -0.4 is 5.32 Å². The van der Waals surface area contributed by atoms with Gasteiger partial charge in [-0.15, -0.1) is 5.10 Å². The Morgan fingerprint density at radius 1 is 1.14 bits per heavy atom. The number of hydrogen-bond donors (Lipinski definition) is 2. The monoisotopic (exact) mass is 487 g/mol. The van der Waals surface area contributed by atoms with Crippen molar-refractivity contribution in [3.05, 3.63) is 83.0 Å². The summed E-state index contributed by atoms with van der Waals surface area (Å²) < 4.78 is 1.53. The number of benzene rings is 2. The van der Waals surface area contributed by atoms with Gasteiger partial charge in [0, 0.05) is 28.4 Å². The summed E-state index contributed by atoms with van der Waals surface area (Å²) in [6.45, 7) is 0. The highest BCUT2D eigenvalue weighted by Gasteiger charge is 2.19. The van der Waals surface area contributed by atoms with E-state index in [0.717, 1.165) is 60.4 Å². The van der Waals surface area contributed by atoms with E-state index in [9.17, 15) is 4.79 Å². The maximum atomic E-state index is 12.9. The molecule has 1 aliphatic heterocycles. The minimum Gasteiger partial charge on any atom is -0.346 e. The predicted octanol–water partition coefficient (Wildman–Crippen LogP) is 5.08. The van der Waals surface area contributed by atoms with E-state index in [0.29, 0.717) is 5.02 Å². The van der Waals surface area contributed by atoms with Crippen LogP contribution in [0.3, 0.4) is 0 Å². The van der Waals surface area contributed by atoms with Crippen molar-refractivity contribution in [3.8, 4) is 16.9 Å². The molecular formula is C26H26ClN7O. The molecule has 1 atom stereocenters. The second kappa shape index (κ2) is 10.7. The molecule has 0 spiro atoms. The van der Waals surface area contributed by atoms with Crippen LogP contribution in [0.15, 0.2) is 61.1 Å². The molecule has 178 valence electrons. The Morgan fingerprint density at radius 3 is 2.91 bits per heavy atom. The summed E-state index contributed by atoms with van der Waals surface area (Å²) in [5.74, 6) is 0.567. The zero-order chi connectivity index (χ0) is 24.0. The van der Waals surface area contributed by atoms with Crippen LogP contribution in [-0.2, 0) is 11.2 Å². The lowest BCUT2D eigenvalue weighted by Crippen LogP contribution is -2.27. The van der Waals surface area contributed by atoms with Gasteiger partial charge in [0.25, 0.3) is 0 Å². The average Bonchev–Trinajstić information content (AvgIpc) is 3.57. The Bertz CT molecular complexity index is 1330. The van der Waals surface area contributed by atoms with E-state index in [2.05, 4.69) is 44.0 Å². The highest BCUT2D eigenvalue weighted by Crippen LogP contribution is 2.28. The van der Waals surface area contributed by atoms with Crippen LogP contribution >= 0.6 is 11.6 Å². The molecule has 0 saturated carbocycles. The number of fused-ring (bicyclic) bond motifs is 4. The average molecular weight is 488 g/mol. The van der Waals surface area contributed by atoms with Crippen molar-refractivity contribution in [2.45, 2.75) is 44.6 Å². The fourth-order valence-electron chi connectivity index (χ4n) is 4.46. The van der Waals surface area contributed by atoms with Gasteiger partial charge in [-0.3, -0.25) is 4.79 Å². The van der Waals surface area contributed by atoms with Crippen LogP contribution in [0.5, 0.6) is 0 Å². The number of carbonyl (C=O) groups is 1. The maximum Gasteiger partial charge on any atom is 0.244 e. The number of amides is 1. The van der Waals surface area contributed by atoms with E-state index in [1.165, 1.54) is 29.1 Å². The summed E-state index contributed by atoms with van der Waals surface area (Å²) in [6.07, 6.45) is 13.0. The quantitative estimate of drug-likeness (QED) is 0.391. The van der Waals surface area contributed by atoms with E-state index >= 15 is 0 Å². The van der Waals surface area contributed by atoms with Crippen molar-refractivity contribution in [2.24, 2.45) is 0 Å². The molecule has 2 aromatic carbocycles. The standard InChI is InChI=1S/C26H26ClN7O/c27-20-12-13-24(34-17-29-32-33-34)19(15-20)11-14-25(35)30-22-10-4-2-1-3-7-18-8-5-6-9-21(18)23-16-28-26(22)31-23/h5-6,8-9,11-17,22H,1-4,7,10H2,(H,28,31)(H,30,35)/b14-11+/t22-/m0/s1. The molecule has 0 saturated heterocycles. The fourth-order valence-corrected chi connectivity index (χ4v) is 4.64. The van der Waals surface area contributed by atoms with Gasteiger partial charge in [0.1, 0.15) is 12.2 Å². The van der Waals surface area contributed by atoms with E-state index in [1.54, 1.807) is 18.2 Å². The van der Waals surface area contributed by atoms with Crippen molar-refractivity contribution < 1.29 is 4.79 Å². The van der Waals surface area contributed by atoms with Crippen molar-refractivity contribution >= 4 is 23.6 Å². The maximum absolute atomic E-state index is 12.9. The lowest BCUT2D eigenvalue weighted by atomic mass is 9.98. The smallest absolute Gasteiger partial charge is 0.244 e. The molecule has 1 amide bonds. The SMILES string of the molecule is O=C(/C=C/c1cc(Cl)ccc1-n1cnnn1)N[C@H]1CCCCCCc2ccccc2-c2c[nH]c1n2. The molecule has 9 heteroatoms. The van der Waals surface area contributed by atoms with Gasteiger partial charge in [0.05, 0.1) is 17.4 Å². The number of halogens is 1. The molecule has 2 N–H and O–H groups in total. The van der Waals surface area contributed by atoms with Gasteiger partial charge >= 0.3 is 0 Å². The Labute approximate surface area is 208 Å². The lowest BCUT2D eigenvalue weighted by molar-refractivity contribution is -0.117. The van der Waals surface area contributed by atoms with E-state index < -0.39 is 0 Å². The molecule has 0 aliphatic carbocycles. The summed E-state index contributed by atoms with van der Waals surface area (Å²) in [6, 6.07) is 13.6. The second-order valence-electron chi connectivity index (χ2n) is 8.63. The van der Waals surface area contributed by atoms with Gasteiger partial charge in [-0.2, -0.15) is 4.68 Å². The summed E-state index contributed by atoms with van der Waals surface area (Å²) >= 11 is 6.19. The van der Waals surface area contributed by atoms with Crippen LogP contribution in [0.4, 0.5) is 0 Å². The number of imidazole rings is 1. The van der Waals surface area contributed by atoms with Crippen molar-refractivity contribution in [3.63, 3.8) is 0 Å². The van der Waals surface area contributed by atoms with E-state index in [-0.39, 0.29) is 11.9 Å². The molecule has 5 rings (SSSR count). The number of aryl methyl sites for hydroxylation is 1. The van der Waals surface area contributed by atoms with Gasteiger partial charge in [0.15, 0.2) is 0 Å². The molecule has 2 bridgehead atoms. The first-order chi connectivity index (χ1) is 17.2. The van der Waals surface area contributed by atoms with Gasteiger partial charge in [-0.1, -0.05) is 55.1 Å². The number of H-pyrrole nitrogens is 1. The second-order valence-corrected chi connectivity index (χ2v) is 9.07. The third kappa shape index (κ3) is 5.49. The lowest BCUT2D eigenvalue weighted by Gasteiger charge is -2.16. The third-order valence-corrected chi connectivity index (χ3v) is 6.46. The minimum absolute atomic E-state index is 0.203. The van der Waals surface area contributed by atoms with E-state index in [1.807, 2.05) is 18.3 Å². The van der Waals surface area contributed by atoms with Crippen LogP contribution in [0.2, 0.25) is 5.02 Å².